The Morgan fingerprint density at radius 3 is 2.52 bits per heavy atom. The van der Waals surface area contributed by atoms with Crippen molar-refractivity contribution < 1.29 is 19.6 Å². The molecule has 136 valence electrons. The zero-order valence-electron chi connectivity index (χ0n) is 14.8. The Kier molecular flexibility index (Phi) is 6.14. The number of benzene rings is 1. The summed E-state index contributed by atoms with van der Waals surface area (Å²) in [4.78, 5) is 37.8. The van der Waals surface area contributed by atoms with Crippen molar-refractivity contribution in [3.05, 3.63) is 35.4 Å². The summed E-state index contributed by atoms with van der Waals surface area (Å²) in [7, 11) is 0. The number of carbonyl (C=O) groups is 3. The van der Waals surface area contributed by atoms with Crippen molar-refractivity contribution in [2.45, 2.75) is 52.1 Å². The van der Waals surface area contributed by atoms with E-state index in [1.165, 1.54) is 0 Å². The zero-order chi connectivity index (χ0) is 18.6. The topological polar surface area (TPSA) is 98.7 Å². The van der Waals surface area contributed by atoms with Crippen LogP contribution >= 0.6 is 0 Å². The van der Waals surface area contributed by atoms with Crippen LogP contribution in [0.25, 0.3) is 0 Å². The molecule has 25 heavy (non-hydrogen) atoms. The summed E-state index contributed by atoms with van der Waals surface area (Å²) in [5.74, 6) is -1.44. The molecule has 7 heteroatoms. The van der Waals surface area contributed by atoms with E-state index in [1.54, 1.807) is 12.4 Å². The van der Waals surface area contributed by atoms with Crippen LogP contribution in [0.5, 0.6) is 0 Å². The minimum atomic E-state index is -1.02. The lowest BCUT2D eigenvalue weighted by molar-refractivity contribution is -0.142. The fraction of sp³-hybridized carbons (Fsp3) is 0.500. The van der Waals surface area contributed by atoms with E-state index in [4.69, 9.17) is 5.21 Å². The second kappa shape index (κ2) is 8.11. The van der Waals surface area contributed by atoms with E-state index in [0.717, 1.165) is 16.0 Å². The van der Waals surface area contributed by atoms with Crippen molar-refractivity contribution >= 4 is 17.8 Å². The predicted octanol–water partition coefficient (Wildman–Crippen LogP) is 1.77. The second-order valence-electron chi connectivity index (χ2n) is 6.54. The van der Waals surface area contributed by atoms with Crippen LogP contribution in [0.1, 0.15) is 37.8 Å². The zero-order valence-corrected chi connectivity index (χ0v) is 14.8. The normalized spacial score (nSPS) is 19.5. The van der Waals surface area contributed by atoms with Crippen LogP contribution in [0.15, 0.2) is 24.3 Å². The van der Waals surface area contributed by atoms with Gasteiger partial charge in [-0.05, 0) is 31.2 Å². The molecule has 1 aliphatic rings. The summed E-state index contributed by atoms with van der Waals surface area (Å²) in [6, 6.07) is 5.72. The number of nitrogens with one attached hydrogen (secondary N) is 2. The molecule has 1 aliphatic heterocycles. The Hall–Kier alpha value is -2.41. The number of amides is 4. The van der Waals surface area contributed by atoms with Gasteiger partial charge in [-0.3, -0.25) is 14.8 Å². The molecular formula is C18H25N3O4. The van der Waals surface area contributed by atoms with E-state index < -0.39 is 29.9 Å². The van der Waals surface area contributed by atoms with Crippen molar-refractivity contribution in [1.29, 1.82) is 0 Å². The first-order valence-electron chi connectivity index (χ1n) is 8.52. The molecule has 0 spiro atoms. The van der Waals surface area contributed by atoms with Crippen LogP contribution < -0.4 is 10.8 Å². The lowest BCUT2D eigenvalue weighted by atomic mass is 9.96. The van der Waals surface area contributed by atoms with E-state index in [0.29, 0.717) is 19.3 Å². The molecule has 1 aromatic carbocycles. The molecule has 3 unspecified atom stereocenters. The van der Waals surface area contributed by atoms with Gasteiger partial charge >= 0.3 is 6.03 Å². The maximum atomic E-state index is 12.7. The van der Waals surface area contributed by atoms with Crippen LogP contribution in [0, 0.1) is 12.8 Å². The van der Waals surface area contributed by atoms with E-state index in [-0.39, 0.29) is 5.92 Å². The Morgan fingerprint density at radius 2 is 1.96 bits per heavy atom. The van der Waals surface area contributed by atoms with E-state index in [9.17, 15) is 14.4 Å². The van der Waals surface area contributed by atoms with Gasteiger partial charge in [0.05, 0.1) is 0 Å². The average molecular weight is 347 g/mol. The van der Waals surface area contributed by atoms with Gasteiger partial charge in [0.15, 0.2) is 0 Å². The van der Waals surface area contributed by atoms with Gasteiger partial charge in [-0.15, -0.1) is 0 Å². The van der Waals surface area contributed by atoms with Gasteiger partial charge in [0, 0.05) is 0 Å². The number of urea groups is 1. The number of carbonyl (C=O) groups excluding carboxylic acids is 3. The lowest BCUT2D eigenvalue weighted by Crippen LogP contribution is -2.52. The number of hydroxylamine groups is 1. The van der Waals surface area contributed by atoms with Gasteiger partial charge < -0.3 is 5.32 Å². The molecule has 0 bridgehead atoms. The smallest absolute Gasteiger partial charge is 0.325 e. The number of hydrogen-bond donors (Lipinski definition) is 3. The SMILES string of the molecule is CCC(C)C(C(=O)NO)N1C(=O)NC(CCc2ccc(C)cc2)C1=O. The third-order valence-corrected chi connectivity index (χ3v) is 4.73. The highest BCUT2D eigenvalue weighted by atomic mass is 16.5. The second-order valence-corrected chi connectivity index (χ2v) is 6.54. The molecule has 0 saturated carbocycles. The molecular weight excluding hydrogens is 322 g/mol. The first-order chi connectivity index (χ1) is 11.9. The molecule has 0 radical (unpaired) electrons. The highest BCUT2D eigenvalue weighted by Crippen LogP contribution is 2.22. The summed E-state index contributed by atoms with van der Waals surface area (Å²) in [6.07, 6.45) is 1.69. The molecule has 3 N–H and O–H groups in total. The fourth-order valence-corrected chi connectivity index (χ4v) is 2.99. The Bertz CT molecular complexity index is 644. The molecule has 0 aromatic heterocycles. The highest BCUT2D eigenvalue weighted by Gasteiger charge is 2.45. The number of hydrogen-bond acceptors (Lipinski definition) is 4. The van der Waals surface area contributed by atoms with Crippen LogP contribution in [0.4, 0.5) is 4.79 Å². The van der Waals surface area contributed by atoms with Gasteiger partial charge in [-0.1, -0.05) is 50.1 Å². The maximum absolute atomic E-state index is 12.7. The van der Waals surface area contributed by atoms with Gasteiger partial charge in [-0.25, -0.2) is 15.2 Å². The largest absolute Gasteiger partial charge is 0.326 e. The number of rotatable bonds is 7. The molecule has 1 fully saturated rings. The monoisotopic (exact) mass is 347 g/mol. The first-order valence-corrected chi connectivity index (χ1v) is 8.52. The molecule has 0 aliphatic carbocycles. The molecule has 1 aromatic rings. The van der Waals surface area contributed by atoms with Crippen molar-refractivity contribution in [2.75, 3.05) is 0 Å². The molecule has 3 atom stereocenters. The third kappa shape index (κ3) is 4.17. The van der Waals surface area contributed by atoms with Gasteiger partial charge in [0.2, 0.25) is 0 Å². The number of nitrogens with zero attached hydrogens (tertiary/aromatic N) is 1. The van der Waals surface area contributed by atoms with Crippen molar-refractivity contribution in [3.63, 3.8) is 0 Å². The molecule has 4 amide bonds. The van der Waals surface area contributed by atoms with E-state index in [2.05, 4.69) is 5.32 Å². The lowest BCUT2D eigenvalue weighted by Gasteiger charge is -2.28. The van der Waals surface area contributed by atoms with E-state index >= 15 is 0 Å². The first kappa shape index (κ1) is 18.9. The summed E-state index contributed by atoms with van der Waals surface area (Å²) < 4.78 is 0. The number of aryl methyl sites for hydroxylation is 2. The van der Waals surface area contributed by atoms with Crippen LogP contribution in [-0.2, 0) is 16.0 Å². The van der Waals surface area contributed by atoms with E-state index in [1.807, 2.05) is 38.1 Å². The van der Waals surface area contributed by atoms with Crippen LogP contribution in [0.3, 0.4) is 0 Å². The van der Waals surface area contributed by atoms with Crippen molar-refractivity contribution in [3.8, 4) is 0 Å². The quantitative estimate of drug-likeness (QED) is 0.398. The maximum Gasteiger partial charge on any atom is 0.325 e. The minimum Gasteiger partial charge on any atom is -0.326 e. The van der Waals surface area contributed by atoms with Crippen molar-refractivity contribution in [1.82, 2.24) is 15.7 Å². The molecule has 1 heterocycles. The van der Waals surface area contributed by atoms with Crippen LogP contribution in [0.2, 0.25) is 0 Å². The Balaban J connectivity index is 2.09. The van der Waals surface area contributed by atoms with Crippen LogP contribution in [-0.4, -0.2) is 40.0 Å². The summed E-state index contributed by atoms with van der Waals surface area (Å²) in [6.45, 7) is 5.62. The van der Waals surface area contributed by atoms with Gasteiger partial charge in [0.25, 0.3) is 11.8 Å². The van der Waals surface area contributed by atoms with Gasteiger partial charge in [0.1, 0.15) is 12.1 Å². The van der Waals surface area contributed by atoms with Gasteiger partial charge in [-0.2, -0.15) is 0 Å². The Labute approximate surface area is 147 Å². The fourth-order valence-electron chi connectivity index (χ4n) is 2.99. The standard InChI is InChI=1S/C18H25N3O4/c1-4-12(3)15(16(22)20-25)21-17(23)14(19-18(21)24)10-9-13-7-5-11(2)6-8-13/h5-8,12,14-15,25H,4,9-10H2,1-3H3,(H,19,24)(H,20,22). The minimum absolute atomic E-state index is 0.266. The van der Waals surface area contributed by atoms with Crippen molar-refractivity contribution in [2.24, 2.45) is 5.92 Å². The molecule has 7 nitrogen and oxygen atoms in total. The number of imide groups is 1. The molecule has 2 rings (SSSR count). The highest BCUT2D eigenvalue weighted by molar-refractivity contribution is 6.07. The summed E-state index contributed by atoms with van der Waals surface area (Å²) in [5, 5.41) is 11.6. The predicted molar refractivity (Wildman–Crippen MR) is 91.8 cm³/mol. The third-order valence-electron chi connectivity index (χ3n) is 4.73. The Morgan fingerprint density at radius 1 is 1.32 bits per heavy atom. The summed E-state index contributed by atoms with van der Waals surface area (Å²) in [5.41, 5.74) is 3.80. The summed E-state index contributed by atoms with van der Waals surface area (Å²) >= 11 is 0. The molecule has 1 saturated heterocycles. The average Bonchev–Trinajstić information content (AvgIpc) is 2.88.